The molecule has 0 saturated carbocycles. The molecule has 0 bridgehead atoms. The molecule has 1 N–H and O–H groups in total. The standard InChI is InChI=1S/C20H21N3O4/c1-14(26-18-4-3-9-21-13-18)12-22-20(24)19-11-16(23-27-19)10-15-5-7-17(25-2)8-6-15/h3-9,11,13-14H,10,12H2,1-2H3,(H,22,24)/t14-/m1/s1. The van der Waals surface area contributed by atoms with E-state index in [0.29, 0.717) is 24.4 Å². The quantitative estimate of drug-likeness (QED) is 0.659. The van der Waals surface area contributed by atoms with Crippen molar-refractivity contribution in [1.29, 1.82) is 0 Å². The minimum atomic E-state index is -0.329. The summed E-state index contributed by atoms with van der Waals surface area (Å²) in [4.78, 5) is 16.2. The third-order valence-electron chi connectivity index (χ3n) is 3.85. The van der Waals surface area contributed by atoms with E-state index in [-0.39, 0.29) is 17.8 Å². The largest absolute Gasteiger partial charge is 0.497 e. The molecule has 0 aliphatic carbocycles. The minimum absolute atomic E-state index is 0.173. The molecular formula is C20H21N3O4. The lowest BCUT2D eigenvalue weighted by atomic mass is 10.1. The van der Waals surface area contributed by atoms with Crippen LogP contribution in [0, 0.1) is 0 Å². The number of amides is 1. The average Bonchev–Trinajstić information content (AvgIpc) is 3.16. The molecule has 2 heterocycles. The third-order valence-corrected chi connectivity index (χ3v) is 3.85. The Morgan fingerprint density at radius 2 is 2.04 bits per heavy atom. The molecule has 0 saturated heterocycles. The monoisotopic (exact) mass is 367 g/mol. The van der Waals surface area contributed by atoms with E-state index in [4.69, 9.17) is 14.0 Å². The minimum Gasteiger partial charge on any atom is -0.497 e. The number of aromatic nitrogens is 2. The highest BCUT2D eigenvalue weighted by Gasteiger charge is 2.15. The Bertz CT molecular complexity index is 862. The van der Waals surface area contributed by atoms with Gasteiger partial charge in [-0.05, 0) is 36.8 Å². The number of ether oxygens (including phenoxy) is 2. The number of nitrogens with zero attached hydrogens (tertiary/aromatic N) is 2. The fourth-order valence-corrected chi connectivity index (χ4v) is 2.47. The number of nitrogens with one attached hydrogen (secondary N) is 1. The summed E-state index contributed by atoms with van der Waals surface area (Å²) < 4.78 is 16.0. The molecule has 3 aromatic rings. The molecule has 0 spiro atoms. The van der Waals surface area contributed by atoms with Gasteiger partial charge in [0.1, 0.15) is 17.6 Å². The maximum Gasteiger partial charge on any atom is 0.290 e. The Labute approximate surface area is 157 Å². The van der Waals surface area contributed by atoms with Crippen molar-refractivity contribution in [1.82, 2.24) is 15.5 Å². The summed E-state index contributed by atoms with van der Waals surface area (Å²) in [5.41, 5.74) is 1.74. The summed E-state index contributed by atoms with van der Waals surface area (Å²) in [5, 5.41) is 6.74. The lowest BCUT2D eigenvalue weighted by Gasteiger charge is -2.14. The lowest BCUT2D eigenvalue weighted by Crippen LogP contribution is -2.33. The molecule has 3 rings (SSSR count). The highest BCUT2D eigenvalue weighted by molar-refractivity contribution is 5.91. The second-order valence-electron chi connectivity index (χ2n) is 6.03. The summed E-state index contributed by atoms with van der Waals surface area (Å²) in [6, 6.07) is 12.9. The van der Waals surface area contributed by atoms with Crippen LogP contribution in [0.1, 0.15) is 28.7 Å². The van der Waals surface area contributed by atoms with Gasteiger partial charge in [-0.25, -0.2) is 0 Å². The molecule has 0 unspecified atom stereocenters. The molecule has 1 amide bonds. The zero-order chi connectivity index (χ0) is 19.1. The molecule has 140 valence electrons. The van der Waals surface area contributed by atoms with E-state index in [1.807, 2.05) is 37.3 Å². The first kappa shape index (κ1) is 18.4. The second kappa shape index (κ2) is 8.84. The van der Waals surface area contributed by atoms with Gasteiger partial charge in [0.25, 0.3) is 5.91 Å². The van der Waals surface area contributed by atoms with E-state index in [0.717, 1.165) is 11.3 Å². The first-order valence-corrected chi connectivity index (χ1v) is 8.57. The average molecular weight is 367 g/mol. The van der Waals surface area contributed by atoms with Crippen LogP contribution in [-0.4, -0.2) is 35.8 Å². The SMILES string of the molecule is COc1ccc(Cc2cc(C(=O)NC[C@@H](C)Oc3cccnc3)on2)cc1. The van der Waals surface area contributed by atoms with Crippen LogP contribution in [0.25, 0.3) is 0 Å². The van der Waals surface area contributed by atoms with Gasteiger partial charge in [0.05, 0.1) is 25.5 Å². The van der Waals surface area contributed by atoms with Crippen molar-refractivity contribution in [3.63, 3.8) is 0 Å². The molecule has 1 atom stereocenters. The van der Waals surface area contributed by atoms with Gasteiger partial charge in [-0.3, -0.25) is 9.78 Å². The van der Waals surface area contributed by atoms with Crippen molar-refractivity contribution in [2.45, 2.75) is 19.4 Å². The number of methoxy groups -OCH3 is 1. The molecule has 0 fully saturated rings. The van der Waals surface area contributed by atoms with Crippen molar-refractivity contribution in [2.75, 3.05) is 13.7 Å². The van der Waals surface area contributed by atoms with Crippen LogP contribution >= 0.6 is 0 Å². The van der Waals surface area contributed by atoms with Gasteiger partial charge in [-0.1, -0.05) is 17.3 Å². The number of carbonyl (C=O) groups excluding carboxylic acids is 1. The Kier molecular flexibility index (Phi) is 6.04. The molecule has 0 aliphatic heterocycles. The molecule has 0 aliphatic rings. The van der Waals surface area contributed by atoms with Crippen LogP contribution in [0.4, 0.5) is 0 Å². The lowest BCUT2D eigenvalue weighted by molar-refractivity contribution is 0.0895. The second-order valence-corrected chi connectivity index (χ2v) is 6.03. The van der Waals surface area contributed by atoms with Gasteiger partial charge in [-0.15, -0.1) is 0 Å². The number of benzene rings is 1. The smallest absolute Gasteiger partial charge is 0.290 e. The summed E-state index contributed by atoms with van der Waals surface area (Å²) >= 11 is 0. The highest BCUT2D eigenvalue weighted by atomic mass is 16.5. The molecule has 1 aromatic carbocycles. The summed E-state index contributed by atoms with van der Waals surface area (Å²) in [5.74, 6) is 1.29. The van der Waals surface area contributed by atoms with E-state index in [1.54, 1.807) is 31.6 Å². The van der Waals surface area contributed by atoms with E-state index < -0.39 is 0 Å². The highest BCUT2D eigenvalue weighted by Crippen LogP contribution is 2.15. The number of rotatable bonds is 8. The molecule has 2 aromatic heterocycles. The van der Waals surface area contributed by atoms with Crippen molar-refractivity contribution in [3.8, 4) is 11.5 Å². The predicted molar refractivity (Wildman–Crippen MR) is 99.0 cm³/mol. The Balaban J connectivity index is 1.50. The zero-order valence-corrected chi connectivity index (χ0v) is 15.2. The zero-order valence-electron chi connectivity index (χ0n) is 15.2. The van der Waals surface area contributed by atoms with E-state index in [1.165, 1.54) is 0 Å². The van der Waals surface area contributed by atoms with Crippen molar-refractivity contribution in [2.24, 2.45) is 0 Å². The van der Waals surface area contributed by atoms with E-state index in [9.17, 15) is 4.79 Å². The van der Waals surface area contributed by atoms with Gasteiger partial charge >= 0.3 is 0 Å². The summed E-state index contributed by atoms with van der Waals surface area (Å²) in [7, 11) is 1.63. The predicted octanol–water partition coefficient (Wildman–Crippen LogP) is 2.87. The molecule has 7 nitrogen and oxygen atoms in total. The third kappa shape index (κ3) is 5.31. The summed E-state index contributed by atoms with van der Waals surface area (Å²) in [6.07, 6.45) is 3.66. The summed E-state index contributed by atoms with van der Waals surface area (Å²) in [6.45, 7) is 2.20. The van der Waals surface area contributed by atoms with Crippen LogP contribution in [0.15, 0.2) is 59.4 Å². The van der Waals surface area contributed by atoms with Crippen LogP contribution in [0.2, 0.25) is 0 Å². The Hall–Kier alpha value is -3.35. The fourth-order valence-electron chi connectivity index (χ4n) is 2.47. The molecule has 0 radical (unpaired) electrons. The fraction of sp³-hybridized carbons (Fsp3) is 0.250. The van der Waals surface area contributed by atoms with Gasteiger partial charge in [0.15, 0.2) is 0 Å². The maximum absolute atomic E-state index is 12.2. The van der Waals surface area contributed by atoms with Crippen LogP contribution < -0.4 is 14.8 Å². The number of hydrogen-bond acceptors (Lipinski definition) is 6. The van der Waals surface area contributed by atoms with E-state index >= 15 is 0 Å². The van der Waals surface area contributed by atoms with Crippen molar-refractivity contribution < 1.29 is 18.8 Å². The Morgan fingerprint density at radius 3 is 2.74 bits per heavy atom. The molecular weight excluding hydrogens is 346 g/mol. The number of hydrogen-bond donors (Lipinski definition) is 1. The molecule has 7 heteroatoms. The van der Waals surface area contributed by atoms with E-state index in [2.05, 4.69) is 15.5 Å². The number of carbonyl (C=O) groups is 1. The number of pyridine rings is 1. The maximum atomic E-state index is 12.2. The van der Waals surface area contributed by atoms with Crippen molar-refractivity contribution >= 4 is 5.91 Å². The topological polar surface area (TPSA) is 86.5 Å². The van der Waals surface area contributed by atoms with Crippen LogP contribution in [0.5, 0.6) is 11.5 Å². The van der Waals surface area contributed by atoms with Gasteiger partial charge in [0, 0.05) is 18.7 Å². The van der Waals surface area contributed by atoms with Gasteiger partial charge in [0.2, 0.25) is 5.76 Å². The van der Waals surface area contributed by atoms with Gasteiger partial charge < -0.3 is 19.3 Å². The van der Waals surface area contributed by atoms with Crippen molar-refractivity contribution in [3.05, 3.63) is 71.9 Å². The van der Waals surface area contributed by atoms with Gasteiger partial charge in [-0.2, -0.15) is 0 Å². The first-order valence-electron chi connectivity index (χ1n) is 8.57. The normalized spacial score (nSPS) is 11.6. The van der Waals surface area contributed by atoms with Crippen LogP contribution in [0.3, 0.4) is 0 Å². The first-order chi connectivity index (χ1) is 13.1. The Morgan fingerprint density at radius 1 is 1.22 bits per heavy atom. The van der Waals surface area contributed by atoms with Crippen LogP contribution in [-0.2, 0) is 6.42 Å². The molecule has 27 heavy (non-hydrogen) atoms.